The van der Waals surface area contributed by atoms with Gasteiger partial charge in [-0.1, -0.05) is 35.0 Å². The van der Waals surface area contributed by atoms with E-state index in [1.807, 2.05) is 11.6 Å². The Morgan fingerprint density at radius 2 is 1.55 bits per heavy atom. The molecule has 1 amide bonds. The van der Waals surface area contributed by atoms with E-state index in [1.165, 1.54) is 11.8 Å². The molecular weight excluding hydrogens is 431 g/mol. The molecule has 0 spiro atoms. The molecule has 0 saturated heterocycles. The van der Waals surface area contributed by atoms with Crippen LogP contribution in [-0.4, -0.2) is 38.8 Å². The maximum Gasteiger partial charge on any atom is 0.251 e. The van der Waals surface area contributed by atoms with Gasteiger partial charge in [0.05, 0.1) is 5.75 Å². The summed E-state index contributed by atoms with van der Waals surface area (Å²) < 4.78 is 1.83. The summed E-state index contributed by atoms with van der Waals surface area (Å²) in [7, 11) is 1.84. The molecule has 1 heterocycles. The van der Waals surface area contributed by atoms with E-state index in [9.17, 15) is 9.59 Å². The van der Waals surface area contributed by atoms with E-state index >= 15 is 0 Å². The van der Waals surface area contributed by atoms with Crippen LogP contribution in [0.3, 0.4) is 0 Å². The van der Waals surface area contributed by atoms with Gasteiger partial charge in [-0.15, -0.1) is 10.2 Å². The third-order valence-corrected chi connectivity index (χ3v) is 5.69. The van der Waals surface area contributed by atoms with Crippen LogP contribution < -0.4 is 5.32 Å². The van der Waals surface area contributed by atoms with Crippen LogP contribution in [0.2, 0.25) is 10.0 Å². The SMILES string of the molecule is Cn1c(CCNC(=O)c2ccc(Cl)cc2)nnc1SCC(=O)c1ccc(Cl)cc1. The Morgan fingerprint density at radius 3 is 2.17 bits per heavy atom. The summed E-state index contributed by atoms with van der Waals surface area (Å²) in [5, 5.41) is 13.0. The van der Waals surface area contributed by atoms with Crippen molar-refractivity contribution in [2.75, 3.05) is 12.3 Å². The van der Waals surface area contributed by atoms with Gasteiger partial charge in [0, 0.05) is 41.2 Å². The topological polar surface area (TPSA) is 76.9 Å². The predicted molar refractivity (Wildman–Crippen MR) is 115 cm³/mol. The summed E-state index contributed by atoms with van der Waals surface area (Å²) in [4.78, 5) is 24.4. The van der Waals surface area contributed by atoms with Crippen molar-refractivity contribution in [3.05, 3.63) is 75.5 Å². The Labute approximate surface area is 182 Å². The molecule has 9 heteroatoms. The highest BCUT2D eigenvalue weighted by molar-refractivity contribution is 7.99. The van der Waals surface area contributed by atoms with E-state index < -0.39 is 0 Å². The number of amides is 1. The molecule has 3 aromatic rings. The molecule has 3 rings (SSSR count). The molecule has 0 saturated carbocycles. The van der Waals surface area contributed by atoms with Crippen LogP contribution in [0.1, 0.15) is 26.5 Å². The molecule has 0 bridgehead atoms. The maximum atomic E-state index is 12.3. The second-order valence-electron chi connectivity index (χ2n) is 6.19. The number of carbonyl (C=O) groups excluding carboxylic acids is 2. The number of ketones is 1. The first-order valence-corrected chi connectivity index (χ1v) is 10.5. The fourth-order valence-electron chi connectivity index (χ4n) is 2.53. The minimum Gasteiger partial charge on any atom is -0.352 e. The standard InChI is InChI=1S/C20H18Cl2N4O2S/c1-26-18(10-11-23-19(28)14-4-8-16(22)9-5-14)24-25-20(26)29-12-17(27)13-2-6-15(21)7-3-13/h2-9H,10-12H2,1H3,(H,23,28). The minimum absolute atomic E-state index is 0.00792. The molecule has 0 atom stereocenters. The zero-order valence-corrected chi connectivity index (χ0v) is 17.9. The molecule has 0 unspecified atom stereocenters. The van der Waals surface area contributed by atoms with Crippen molar-refractivity contribution in [1.82, 2.24) is 20.1 Å². The summed E-state index contributed by atoms with van der Waals surface area (Å²) in [6.07, 6.45) is 0.522. The number of thioether (sulfide) groups is 1. The molecule has 2 aromatic carbocycles. The average Bonchev–Trinajstić information content (AvgIpc) is 3.07. The summed E-state index contributed by atoms with van der Waals surface area (Å²) in [5.41, 5.74) is 1.15. The van der Waals surface area contributed by atoms with Gasteiger partial charge in [0.15, 0.2) is 10.9 Å². The van der Waals surface area contributed by atoms with Crippen LogP contribution in [0, 0.1) is 0 Å². The van der Waals surface area contributed by atoms with Gasteiger partial charge in [0.25, 0.3) is 5.91 Å². The van der Waals surface area contributed by atoms with E-state index in [2.05, 4.69) is 15.5 Å². The van der Waals surface area contributed by atoms with Crippen molar-refractivity contribution in [3.8, 4) is 0 Å². The molecule has 29 heavy (non-hydrogen) atoms. The second-order valence-corrected chi connectivity index (χ2v) is 8.00. The normalized spacial score (nSPS) is 10.7. The lowest BCUT2D eigenvalue weighted by Crippen LogP contribution is -2.26. The minimum atomic E-state index is -0.174. The van der Waals surface area contributed by atoms with Gasteiger partial charge in [-0.05, 0) is 48.5 Å². The van der Waals surface area contributed by atoms with Crippen molar-refractivity contribution in [1.29, 1.82) is 0 Å². The molecule has 6 nitrogen and oxygen atoms in total. The highest BCUT2D eigenvalue weighted by atomic mass is 35.5. The first-order valence-electron chi connectivity index (χ1n) is 8.77. The molecule has 0 aliphatic rings. The van der Waals surface area contributed by atoms with E-state index in [0.29, 0.717) is 39.3 Å². The number of aromatic nitrogens is 3. The smallest absolute Gasteiger partial charge is 0.251 e. The third kappa shape index (κ3) is 5.82. The molecule has 0 fully saturated rings. The van der Waals surface area contributed by atoms with E-state index in [0.717, 1.165) is 5.82 Å². The van der Waals surface area contributed by atoms with Crippen LogP contribution >= 0.6 is 35.0 Å². The lowest BCUT2D eigenvalue weighted by molar-refractivity contribution is 0.0953. The Morgan fingerprint density at radius 1 is 0.966 bits per heavy atom. The molecule has 0 aliphatic carbocycles. The predicted octanol–water partition coefficient (Wildman–Crippen LogP) is 4.07. The Kier molecular flexibility index (Phi) is 7.30. The lowest BCUT2D eigenvalue weighted by Gasteiger charge is -2.06. The van der Waals surface area contributed by atoms with E-state index in [1.54, 1.807) is 48.5 Å². The quantitative estimate of drug-likeness (QED) is 0.415. The van der Waals surface area contributed by atoms with Crippen LogP contribution in [0.4, 0.5) is 0 Å². The van der Waals surface area contributed by atoms with Crippen LogP contribution in [-0.2, 0) is 13.5 Å². The number of hydrogen-bond donors (Lipinski definition) is 1. The number of nitrogens with one attached hydrogen (secondary N) is 1. The van der Waals surface area contributed by atoms with E-state index in [-0.39, 0.29) is 17.4 Å². The molecule has 1 N–H and O–H groups in total. The fourth-order valence-corrected chi connectivity index (χ4v) is 3.61. The van der Waals surface area contributed by atoms with Crippen molar-refractivity contribution in [2.24, 2.45) is 7.05 Å². The van der Waals surface area contributed by atoms with Crippen molar-refractivity contribution in [2.45, 2.75) is 11.6 Å². The molecule has 0 aliphatic heterocycles. The zero-order valence-electron chi connectivity index (χ0n) is 15.6. The zero-order chi connectivity index (χ0) is 20.8. The summed E-state index contributed by atoms with van der Waals surface area (Å²) >= 11 is 13.0. The number of nitrogens with zero attached hydrogens (tertiary/aromatic N) is 3. The van der Waals surface area contributed by atoms with Crippen LogP contribution in [0.15, 0.2) is 53.7 Å². The Bertz CT molecular complexity index is 1000. The first kappa shape index (κ1) is 21.4. The summed E-state index contributed by atoms with van der Waals surface area (Å²) in [5.74, 6) is 0.794. The number of benzene rings is 2. The number of Topliss-reactive ketones (excluding diaryl/α,β-unsaturated/α-hetero) is 1. The molecular formula is C20H18Cl2N4O2S. The van der Waals surface area contributed by atoms with Gasteiger partial charge in [-0.2, -0.15) is 0 Å². The monoisotopic (exact) mass is 448 g/mol. The highest BCUT2D eigenvalue weighted by Crippen LogP contribution is 2.18. The van der Waals surface area contributed by atoms with Gasteiger partial charge in [-0.25, -0.2) is 0 Å². The van der Waals surface area contributed by atoms with Crippen LogP contribution in [0.25, 0.3) is 0 Å². The van der Waals surface area contributed by atoms with Gasteiger partial charge in [0.2, 0.25) is 0 Å². The summed E-state index contributed by atoms with van der Waals surface area (Å²) in [6, 6.07) is 13.5. The van der Waals surface area contributed by atoms with Crippen molar-refractivity contribution >= 4 is 46.7 Å². The fraction of sp³-hybridized carbons (Fsp3) is 0.200. The average molecular weight is 449 g/mol. The Hall–Kier alpha value is -2.35. The molecule has 0 radical (unpaired) electrons. The van der Waals surface area contributed by atoms with Gasteiger partial charge in [-0.3, -0.25) is 9.59 Å². The lowest BCUT2D eigenvalue weighted by atomic mass is 10.1. The van der Waals surface area contributed by atoms with Gasteiger partial charge in [0.1, 0.15) is 5.82 Å². The third-order valence-electron chi connectivity index (χ3n) is 4.16. The molecule has 1 aromatic heterocycles. The second kappa shape index (κ2) is 9.91. The summed E-state index contributed by atoms with van der Waals surface area (Å²) in [6.45, 7) is 0.418. The number of halogens is 2. The number of carbonyl (C=O) groups is 2. The largest absolute Gasteiger partial charge is 0.352 e. The van der Waals surface area contributed by atoms with Crippen molar-refractivity contribution in [3.63, 3.8) is 0 Å². The van der Waals surface area contributed by atoms with Crippen LogP contribution in [0.5, 0.6) is 0 Å². The van der Waals surface area contributed by atoms with Gasteiger partial charge >= 0.3 is 0 Å². The van der Waals surface area contributed by atoms with Gasteiger partial charge < -0.3 is 9.88 Å². The van der Waals surface area contributed by atoms with E-state index in [4.69, 9.17) is 23.2 Å². The maximum absolute atomic E-state index is 12.3. The number of rotatable bonds is 8. The number of hydrogen-bond acceptors (Lipinski definition) is 5. The molecule has 150 valence electrons. The highest BCUT2D eigenvalue weighted by Gasteiger charge is 2.13. The Balaban J connectivity index is 1.50. The first-order chi connectivity index (χ1) is 13.9. The van der Waals surface area contributed by atoms with Crippen molar-refractivity contribution < 1.29 is 9.59 Å².